The molecule has 0 radical (unpaired) electrons. The van der Waals surface area contributed by atoms with Crippen LogP contribution >= 0.6 is 15.9 Å². The summed E-state index contributed by atoms with van der Waals surface area (Å²) in [6.07, 6.45) is 0. The first-order valence-electron chi connectivity index (χ1n) is 7.31. The molecule has 0 aromatic heterocycles. The normalized spacial score (nSPS) is 12.9. The number of hydrogen-bond acceptors (Lipinski definition) is 3. The number of hydrogen-bond donors (Lipinski definition) is 1. The van der Waals surface area contributed by atoms with Crippen molar-refractivity contribution >= 4 is 31.9 Å². The van der Waals surface area contributed by atoms with Crippen molar-refractivity contribution in [3.8, 4) is 0 Å². The van der Waals surface area contributed by atoms with Crippen LogP contribution in [0.25, 0.3) is 0 Å². The molecule has 0 bridgehead atoms. The zero-order valence-corrected chi connectivity index (χ0v) is 16.1. The van der Waals surface area contributed by atoms with E-state index in [2.05, 4.69) is 21.2 Å². The second kappa shape index (κ2) is 7.46. The van der Waals surface area contributed by atoms with Gasteiger partial charge in [-0.2, -0.15) is 0 Å². The molecule has 0 heterocycles. The Labute approximate surface area is 150 Å². The van der Waals surface area contributed by atoms with E-state index in [9.17, 15) is 13.2 Å². The molecule has 2 rings (SSSR count). The van der Waals surface area contributed by atoms with Gasteiger partial charge in [0.2, 0.25) is 10.0 Å². The van der Waals surface area contributed by atoms with Gasteiger partial charge in [-0.05, 0) is 36.8 Å². The van der Waals surface area contributed by atoms with Gasteiger partial charge in [-0.15, -0.1) is 0 Å². The molecular weight excluding hydrogens is 392 g/mol. The quantitative estimate of drug-likeness (QED) is 0.822. The molecule has 2 aromatic rings. The lowest BCUT2D eigenvalue weighted by molar-refractivity contribution is 0.0939. The fourth-order valence-electron chi connectivity index (χ4n) is 2.19. The third-order valence-electron chi connectivity index (χ3n) is 3.59. The van der Waals surface area contributed by atoms with Gasteiger partial charge >= 0.3 is 0 Å². The molecule has 2 aromatic carbocycles. The van der Waals surface area contributed by atoms with E-state index in [1.165, 1.54) is 26.2 Å². The zero-order chi connectivity index (χ0) is 17.9. The van der Waals surface area contributed by atoms with E-state index in [0.29, 0.717) is 5.56 Å². The van der Waals surface area contributed by atoms with Gasteiger partial charge in [0, 0.05) is 24.1 Å². The van der Waals surface area contributed by atoms with Crippen molar-refractivity contribution in [3.05, 3.63) is 64.1 Å². The van der Waals surface area contributed by atoms with Crippen molar-refractivity contribution < 1.29 is 13.2 Å². The summed E-state index contributed by atoms with van der Waals surface area (Å²) in [5.74, 6) is -0.325. The molecule has 0 saturated carbocycles. The number of carbonyl (C=O) groups excluding carboxylic acids is 1. The van der Waals surface area contributed by atoms with Crippen molar-refractivity contribution in [1.29, 1.82) is 0 Å². The molecule has 0 aliphatic rings. The number of nitrogens with zero attached hydrogens (tertiary/aromatic N) is 1. The fraction of sp³-hybridized carbons (Fsp3) is 0.235. The smallest absolute Gasteiger partial charge is 0.251 e. The molecular formula is C17H19BrN2O3S. The summed E-state index contributed by atoms with van der Waals surface area (Å²) in [6, 6.07) is 13.4. The predicted octanol–water partition coefficient (Wildman–Crippen LogP) is 3.19. The van der Waals surface area contributed by atoms with Crippen LogP contribution in [-0.2, 0) is 10.0 Å². The highest BCUT2D eigenvalue weighted by atomic mass is 79.9. The van der Waals surface area contributed by atoms with Crippen molar-refractivity contribution in [2.24, 2.45) is 0 Å². The van der Waals surface area contributed by atoms with Gasteiger partial charge < -0.3 is 5.32 Å². The molecule has 24 heavy (non-hydrogen) atoms. The number of halogens is 1. The number of nitrogens with one attached hydrogen (secondary N) is 1. The maximum absolute atomic E-state index is 12.5. The molecule has 1 amide bonds. The summed E-state index contributed by atoms with van der Waals surface area (Å²) in [5.41, 5.74) is 1.25. The van der Waals surface area contributed by atoms with E-state index >= 15 is 0 Å². The van der Waals surface area contributed by atoms with Crippen LogP contribution in [0, 0.1) is 0 Å². The van der Waals surface area contributed by atoms with Crippen molar-refractivity contribution in [3.63, 3.8) is 0 Å². The van der Waals surface area contributed by atoms with Crippen LogP contribution in [0.2, 0.25) is 0 Å². The molecule has 1 atom stereocenters. The maximum Gasteiger partial charge on any atom is 0.251 e. The summed E-state index contributed by atoms with van der Waals surface area (Å²) < 4.78 is 26.4. The largest absolute Gasteiger partial charge is 0.345 e. The average molecular weight is 411 g/mol. The minimum Gasteiger partial charge on any atom is -0.345 e. The van der Waals surface area contributed by atoms with Crippen LogP contribution in [-0.4, -0.2) is 32.7 Å². The molecule has 0 fully saturated rings. The topological polar surface area (TPSA) is 66.5 Å². The van der Waals surface area contributed by atoms with E-state index in [1.807, 2.05) is 31.2 Å². The van der Waals surface area contributed by atoms with Crippen LogP contribution in [0.1, 0.15) is 28.9 Å². The van der Waals surface area contributed by atoms with Crippen LogP contribution < -0.4 is 5.32 Å². The molecule has 0 aliphatic carbocycles. The highest BCUT2D eigenvalue weighted by Crippen LogP contribution is 2.23. The Hall–Kier alpha value is -1.70. The SMILES string of the molecule is C[C@H](NC(=O)c1cccc(S(=O)(=O)N(C)C)c1)c1ccccc1Br. The first-order chi connectivity index (χ1) is 11.2. The minimum absolute atomic E-state index is 0.0914. The number of carbonyl (C=O) groups is 1. The van der Waals surface area contributed by atoms with Crippen molar-refractivity contribution in [1.82, 2.24) is 9.62 Å². The maximum atomic E-state index is 12.5. The first-order valence-corrected chi connectivity index (χ1v) is 9.54. The van der Waals surface area contributed by atoms with E-state index in [1.54, 1.807) is 12.1 Å². The zero-order valence-electron chi connectivity index (χ0n) is 13.7. The van der Waals surface area contributed by atoms with Crippen molar-refractivity contribution in [2.45, 2.75) is 17.9 Å². The van der Waals surface area contributed by atoms with Crippen LogP contribution in [0.15, 0.2) is 57.9 Å². The van der Waals surface area contributed by atoms with E-state index < -0.39 is 10.0 Å². The second-order valence-corrected chi connectivity index (χ2v) is 8.54. The predicted molar refractivity (Wildman–Crippen MR) is 97.3 cm³/mol. The lowest BCUT2D eigenvalue weighted by Crippen LogP contribution is -2.27. The number of rotatable bonds is 5. The van der Waals surface area contributed by atoms with Gasteiger partial charge in [0.15, 0.2) is 0 Å². The van der Waals surface area contributed by atoms with Gasteiger partial charge in [-0.3, -0.25) is 4.79 Å². The first kappa shape index (κ1) is 18.6. The third kappa shape index (κ3) is 4.03. The summed E-state index contributed by atoms with van der Waals surface area (Å²) >= 11 is 3.46. The molecule has 5 nitrogen and oxygen atoms in total. The Morgan fingerprint density at radius 3 is 2.42 bits per heavy atom. The number of sulfonamides is 1. The Kier molecular flexibility index (Phi) is 5.79. The highest BCUT2D eigenvalue weighted by molar-refractivity contribution is 9.10. The molecule has 1 N–H and O–H groups in total. The van der Waals surface area contributed by atoms with E-state index in [0.717, 1.165) is 14.3 Å². The summed E-state index contributed by atoms with van der Waals surface area (Å²) in [7, 11) is -0.664. The third-order valence-corrected chi connectivity index (χ3v) is 6.13. The standard InChI is InChI=1S/C17H19BrN2O3S/c1-12(15-9-4-5-10-16(15)18)19-17(21)13-7-6-8-14(11-13)24(22,23)20(2)3/h4-12H,1-3H3,(H,19,21)/t12-/m0/s1. The summed E-state index contributed by atoms with van der Waals surface area (Å²) in [4.78, 5) is 12.5. The second-order valence-electron chi connectivity index (χ2n) is 5.53. The highest BCUT2D eigenvalue weighted by Gasteiger charge is 2.19. The van der Waals surface area contributed by atoms with Gasteiger partial charge in [0.25, 0.3) is 5.91 Å². The van der Waals surface area contributed by atoms with Gasteiger partial charge in [-0.1, -0.05) is 40.2 Å². The number of amides is 1. The van der Waals surface area contributed by atoms with Crippen LogP contribution in [0.5, 0.6) is 0 Å². The lowest BCUT2D eigenvalue weighted by Gasteiger charge is -2.16. The van der Waals surface area contributed by atoms with Gasteiger partial charge in [0.1, 0.15) is 0 Å². The summed E-state index contributed by atoms with van der Waals surface area (Å²) in [6.45, 7) is 1.87. The Morgan fingerprint density at radius 2 is 1.79 bits per heavy atom. The Bertz CT molecular complexity index is 850. The average Bonchev–Trinajstić information content (AvgIpc) is 2.55. The molecule has 0 spiro atoms. The van der Waals surface area contributed by atoms with Crippen molar-refractivity contribution in [2.75, 3.05) is 14.1 Å². The van der Waals surface area contributed by atoms with E-state index in [-0.39, 0.29) is 16.8 Å². The minimum atomic E-state index is -3.57. The van der Waals surface area contributed by atoms with Crippen LogP contribution in [0.3, 0.4) is 0 Å². The molecule has 0 unspecified atom stereocenters. The Morgan fingerprint density at radius 1 is 1.12 bits per heavy atom. The molecule has 128 valence electrons. The van der Waals surface area contributed by atoms with Gasteiger partial charge in [-0.25, -0.2) is 12.7 Å². The van der Waals surface area contributed by atoms with Crippen LogP contribution in [0.4, 0.5) is 0 Å². The van der Waals surface area contributed by atoms with Gasteiger partial charge in [0.05, 0.1) is 10.9 Å². The molecule has 0 aliphatic heterocycles. The fourth-order valence-corrected chi connectivity index (χ4v) is 3.77. The molecule has 0 saturated heterocycles. The number of benzene rings is 2. The molecule has 7 heteroatoms. The summed E-state index contributed by atoms with van der Waals surface area (Å²) in [5, 5.41) is 2.88. The van der Waals surface area contributed by atoms with E-state index in [4.69, 9.17) is 0 Å². The lowest BCUT2D eigenvalue weighted by atomic mass is 10.1. The Balaban J connectivity index is 2.24. The monoisotopic (exact) mass is 410 g/mol.